The van der Waals surface area contributed by atoms with Gasteiger partial charge in [-0.2, -0.15) is 0 Å². The number of nitrogens with zero attached hydrogens (tertiary/aromatic N) is 1. The smallest absolute Gasteiger partial charge is 0.133 e. The fourth-order valence-corrected chi connectivity index (χ4v) is 2.68. The van der Waals surface area contributed by atoms with Gasteiger partial charge in [-0.3, -0.25) is 0 Å². The second kappa shape index (κ2) is 6.26. The Kier molecular flexibility index (Phi) is 4.68. The Balaban J connectivity index is 1.80. The molecule has 94 valence electrons. The lowest BCUT2D eigenvalue weighted by atomic mass is 10.3. The maximum Gasteiger partial charge on any atom is 0.133 e. The molecule has 4 heteroatoms. The van der Waals surface area contributed by atoms with E-state index in [-0.39, 0.29) is 0 Å². The molecule has 0 spiro atoms. The maximum atomic E-state index is 5.20. The summed E-state index contributed by atoms with van der Waals surface area (Å²) in [6.45, 7) is 4.64. The molecule has 0 aromatic heterocycles. The van der Waals surface area contributed by atoms with Crippen molar-refractivity contribution < 1.29 is 4.74 Å². The summed E-state index contributed by atoms with van der Waals surface area (Å²) in [6.07, 6.45) is 2.71. The van der Waals surface area contributed by atoms with Crippen LogP contribution >= 0.6 is 15.9 Å². The minimum Gasteiger partial charge on any atom is -0.496 e. The third kappa shape index (κ3) is 3.61. The van der Waals surface area contributed by atoms with Gasteiger partial charge in [-0.25, -0.2) is 0 Å². The Hall–Kier alpha value is -0.740. The second-order valence-corrected chi connectivity index (χ2v) is 5.18. The third-order valence-electron chi connectivity index (χ3n) is 3.11. The fraction of sp³-hybridized carbons (Fsp3) is 0.538. The molecule has 1 fully saturated rings. The van der Waals surface area contributed by atoms with Crippen molar-refractivity contribution in [3.8, 4) is 5.75 Å². The summed E-state index contributed by atoms with van der Waals surface area (Å²) in [5.74, 6) is 0.870. The molecule has 3 nitrogen and oxygen atoms in total. The first kappa shape index (κ1) is 12.7. The van der Waals surface area contributed by atoms with Crippen LogP contribution in [0.5, 0.6) is 5.75 Å². The summed E-state index contributed by atoms with van der Waals surface area (Å²) in [5, 5.41) is 3.44. The standard InChI is InChI=1S/C13H19BrN2O/c1-17-13-5-4-11(10-12(13)14)15-6-9-16-7-2-3-8-16/h4-5,10,15H,2-3,6-9H2,1H3. The van der Waals surface area contributed by atoms with E-state index in [4.69, 9.17) is 4.74 Å². The largest absolute Gasteiger partial charge is 0.496 e. The van der Waals surface area contributed by atoms with E-state index >= 15 is 0 Å². The van der Waals surface area contributed by atoms with Gasteiger partial charge in [0.1, 0.15) is 5.75 Å². The molecule has 0 saturated carbocycles. The first-order chi connectivity index (χ1) is 8.29. The van der Waals surface area contributed by atoms with Crippen LogP contribution in [0, 0.1) is 0 Å². The maximum absolute atomic E-state index is 5.20. The first-order valence-corrected chi connectivity index (χ1v) is 6.88. The van der Waals surface area contributed by atoms with Gasteiger partial charge >= 0.3 is 0 Å². The molecule has 2 rings (SSSR count). The Morgan fingerprint density at radius 2 is 2.12 bits per heavy atom. The zero-order valence-corrected chi connectivity index (χ0v) is 11.8. The molecular formula is C13H19BrN2O. The lowest BCUT2D eigenvalue weighted by Crippen LogP contribution is -2.25. The van der Waals surface area contributed by atoms with Crippen LogP contribution in [0.3, 0.4) is 0 Å². The Morgan fingerprint density at radius 3 is 2.76 bits per heavy atom. The van der Waals surface area contributed by atoms with Crippen molar-refractivity contribution in [3.63, 3.8) is 0 Å². The van der Waals surface area contributed by atoms with E-state index in [1.165, 1.54) is 25.9 Å². The monoisotopic (exact) mass is 298 g/mol. The molecule has 1 aromatic carbocycles. The van der Waals surface area contributed by atoms with E-state index < -0.39 is 0 Å². The molecule has 1 saturated heterocycles. The Morgan fingerprint density at radius 1 is 1.35 bits per heavy atom. The summed E-state index contributed by atoms with van der Waals surface area (Å²) in [4.78, 5) is 2.51. The van der Waals surface area contributed by atoms with E-state index in [0.29, 0.717) is 0 Å². The Labute approximate surface area is 111 Å². The van der Waals surface area contributed by atoms with Gasteiger partial charge in [0, 0.05) is 18.8 Å². The average Bonchev–Trinajstić information content (AvgIpc) is 2.82. The molecule has 0 atom stereocenters. The molecule has 0 bridgehead atoms. The molecule has 1 heterocycles. The van der Waals surface area contributed by atoms with Crippen molar-refractivity contribution in [2.24, 2.45) is 0 Å². The lowest BCUT2D eigenvalue weighted by molar-refractivity contribution is 0.352. The molecule has 1 aliphatic heterocycles. The van der Waals surface area contributed by atoms with E-state index in [9.17, 15) is 0 Å². The van der Waals surface area contributed by atoms with Crippen molar-refractivity contribution >= 4 is 21.6 Å². The second-order valence-electron chi connectivity index (χ2n) is 4.32. The minimum atomic E-state index is 0.870. The number of rotatable bonds is 5. The van der Waals surface area contributed by atoms with Gasteiger partial charge in [-0.05, 0) is 60.1 Å². The number of likely N-dealkylation sites (tertiary alicyclic amines) is 1. The molecule has 1 N–H and O–H groups in total. The van der Waals surface area contributed by atoms with E-state index in [0.717, 1.165) is 29.0 Å². The van der Waals surface area contributed by atoms with Gasteiger partial charge in [0.15, 0.2) is 0 Å². The van der Waals surface area contributed by atoms with Crippen molar-refractivity contribution in [1.29, 1.82) is 0 Å². The predicted molar refractivity (Wildman–Crippen MR) is 74.9 cm³/mol. The van der Waals surface area contributed by atoms with Gasteiger partial charge in [0.2, 0.25) is 0 Å². The zero-order valence-electron chi connectivity index (χ0n) is 10.2. The van der Waals surface area contributed by atoms with Crippen LogP contribution in [0.25, 0.3) is 0 Å². The van der Waals surface area contributed by atoms with Crippen LogP contribution in [0.15, 0.2) is 22.7 Å². The number of halogens is 1. The van der Waals surface area contributed by atoms with Crippen LogP contribution in [-0.2, 0) is 0 Å². The number of benzene rings is 1. The zero-order chi connectivity index (χ0) is 12.1. The van der Waals surface area contributed by atoms with Gasteiger partial charge in [-0.15, -0.1) is 0 Å². The number of methoxy groups -OCH3 is 1. The highest BCUT2D eigenvalue weighted by atomic mass is 79.9. The number of anilines is 1. The van der Waals surface area contributed by atoms with Crippen LogP contribution in [0.1, 0.15) is 12.8 Å². The third-order valence-corrected chi connectivity index (χ3v) is 3.73. The molecule has 0 unspecified atom stereocenters. The predicted octanol–water partition coefficient (Wildman–Crippen LogP) is 2.97. The molecule has 17 heavy (non-hydrogen) atoms. The molecule has 0 aliphatic carbocycles. The van der Waals surface area contributed by atoms with Crippen molar-refractivity contribution in [2.75, 3.05) is 38.6 Å². The quantitative estimate of drug-likeness (QED) is 0.904. The SMILES string of the molecule is COc1ccc(NCCN2CCCC2)cc1Br. The van der Waals surface area contributed by atoms with Crippen LogP contribution in [0.4, 0.5) is 5.69 Å². The molecule has 0 amide bonds. The summed E-state index contributed by atoms with van der Waals surface area (Å²) < 4.78 is 6.19. The highest BCUT2D eigenvalue weighted by Gasteiger charge is 2.10. The molecular weight excluding hydrogens is 280 g/mol. The van der Waals surface area contributed by atoms with Crippen LogP contribution in [-0.4, -0.2) is 38.2 Å². The summed E-state index contributed by atoms with van der Waals surface area (Å²) in [5.41, 5.74) is 1.14. The lowest BCUT2D eigenvalue weighted by Gasteiger charge is -2.15. The average molecular weight is 299 g/mol. The highest BCUT2D eigenvalue weighted by Crippen LogP contribution is 2.27. The minimum absolute atomic E-state index is 0.870. The topological polar surface area (TPSA) is 24.5 Å². The Bertz CT molecular complexity index is 364. The van der Waals surface area contributed by atoms with E-state index in [1.54, 1.807) is 7.11 Å². The molecule has 1 aromatic rings. The van der Waals surface area contributed by atoms with Gasteiger partial charge in [-0.1, -0.05) is 0 Å². The fourth-order valence-electron chi connectivity index (χ4n) is 2.14. The number of hydrogen-bond acceptors (Lipinski definition) is 3. The van der Waals surface area contributed by atoms with E-state index in [1.807, 2.05) is 12.1 Å². The van der Waals surface area contributed by atoms with Gasteiger partial charge in [0.05, 0.1) is 11.6 Å². The van der Waals surface area contributed by atoms with Crippen molar-refractivity contribution in [2.45, 2.75) is 12.8 Å². The highest BCUT2D eigenvalue weighted by molar-refractivity contribution is 9.10. The van der Waals surface area contributed by atoms with Gasteiger partial charge in [0.25, 0.3) is 0 Å². The number of hydrogen-bond donors (Lipinski definition) is 1. The van der Waals surface area contributed by atoms with Crippen LogP contribution < -0.4 is 10.1 Å². The van der Waals surface area contributed by atoms with Gasteiger partial charge < -0.3 is 15.0 Å². The summed E-state index contributed by atoms with van der Waals surface area (Å²) >= 11 is 3.49. The summed E-state index contributed by atoms with van der Waals surface area (Å²) in [6, 6.07) is 6.08. The number of nitrogens with one attached hydrogen (secondary N) is 1. The molecule has 1 aliphatic rings. The molecule has 0 radical (unpaired) electrons. The van der Waals surface area contributed by atoms with Crippen LogP contribution in [0.2, 0.25) is 0 Å². The van der Waals surface area contributed by atoms with Crippen molar-refractivity contribution in [1.82, 2.24) is 4.90 Å². The van der Waals surface area contributed by atoms with Crippen molar-refractivity contribution in [3.05, 3.63) is 22.7 Å². The van der Waals surface area contributed by atoms with E-state index in [2.05, 4.69) is 32.2 Å². The first-order valence-electron chi connectivity index (χ1n) is 6.09. The number of ether oxygens (including phenoxy) is 1. The summed E-state index contributed by atoms with van der Waals surface area (Å²) in [7, 11) is 1.68. The normalized spacial score (nSPS) is 16.1.